The van der Waals surface area contributed by atoms with Crippen molar-refractivity contribution in [3.8, 4) is 0 Å². The Bertz CT molecular complexity index is 481. The van der Waals surface area contributed by atoms with Gasteiger partial charge >= 0.3 is 0 Å². The molecule has 2 unspecified atom stereocenters. The quantitative estimate of drug-likeness (QED) is 0.874. The van der Waals surface area contributed by atoms with Crippen LogP contribution in [-0.4, -0.2) is 6.04 Å². The van der Waals surface area contributed by atoms with Crippen LogP contribution in [0.25, 0.3) is 0 Å². The van der Waals surface area contributed by atoms with Crippen molar-refractivity contribution in [2.45, 2.75) is 32.4 Å². The minimum Gasteiger partial charge on any atom is -0.469 e. The highest BCUT2D eigenvalue weighted by molar-refractivity contribution is 6.31. The fourth-order valence-corrected chi connectivity index (χ4v) is 2.43. The van der Waals surface area contributed by atoms with E-state index in [9.17, 15) is 0 Å². The van der Waals surface area contributed by atoms with Gasteiger partial charge in [-0.3, -0.25) is 0 Å². The van der Waals surface area contributed by atoms with Gasteiger partial charge in [0.2, 0.25) is 0 Å². The Morgan fingerprint density at radius 3 is 2.61 bits per heavy atom. The highest BCUT2D eigenvalue weighted by Crippen LogP contribution is 2.22. The largest absolute Gasteiger partial charge is 0.469 e. The molecule has 1 N–H and O–H groups in total. The van der Waals surface area contributed by atoms with Gasteiger partial charge in [0, 0.05) is 23.5 Å². The SMILES string of the molecule is CC(Cc1ccco1)NC(C)c1ccccc1Cl. The number of hydrogen-bond acceptors (Lipinski definition) is 2. The highest BCUT2D eigenvalue weighted by atomic mass is 35.5. The van der Waals surface area contributed by atoms with Crippen molar-refractivity contribution < 1.29 is 4.42 Å². The Balaban J connectivity index is 1.95. The van der Waals surface area contributed by atoms with Crippen LogP contribution in [-0.2, 0) is 6.42 Å². The number of rotatable bonds is 5. The van der Waals surface area contributed by atoms with Crippen LogP contribution < -0.4 is 5.32 Å². The first-order valence-electron chi connectivity index (χ1n) is 6.19. The summed E-state index contributed by atoms with van der Waals surface area (Å²) in [6.45, 7) is 4.27. The Kier molecular flexibility index (Phi) is 4.45. The van der Waals surface area contributed by atoms with Gasteiger partial charge in [0.25, 0.3) is 0 Å². The van der Waals surface area contributed by atoms with E-state index in [0.29, 0.717) is 6.04 Å². The molecule has 1 aromatic carbocycles. The van der Waals surface area contributed by atoms with Crippen LogP contribution in [0, 0.1) is 0 Å². The van der Waals surface area contributed by atoms with E-state index in [1.807, 2.05) is 30.3 Å². The second-order valence-electron chi connectivity index (χ2n) is 4.59. The first kappa shape index (κ1) is 13.2. The molecule has 2 atom stereocenters. The second kappa shape index (κ2) is 6.07. The molecule has 2 rings (SSSR count). The van der Waals surface area contributed by atoms with E-state index in [-0.39, 0.29) is 6.04 Å². The molecule has 2 aromatic rings. The van der Waals surface area contributed by atoms with Crippen LogP contribution in [0.15, 0.2) is 47.1 Å². The molecule has 0 aliphatic carbocycles. The van der Waals surface area contributed by atoms with Crippen molar-refractivity contribution in [3.05, 3.63) is 59.0 Å². The van der Waals surface area contributed by atoms with Crippen molar-refractivity contribution in [1.82, 2.24) is 5.32 Å². The topological polar surface area (TPSA) is 25.2 Å². The summed E-state index contributed by atoms with van der Waals surface area (Å²) >= 11 is 6.19. The lowest BCUT2D eigenvalue weighted by atomic mass is 10.1. The second-order valence-corrected chi connectivity index (χ2v) is 5.00. The van der Waals surface area contributed by atoms with Gasteiger partial charge in [-0.05, 0) is 37.6 Å². The molecule has 96 valence electrons. The molecule has 0 saturated carbocycles. The van der Waals surface area contributed by atoms with Crippen LogP contribution in [0.4, 0.5) is 0 Å². The predicted molar refractivity (Wildman–Crippen MR) is 74.9 cm³/mol. The average molecular weight is 264 g/mol. The number of furan rings is 1. The van der Waals surface area contributed by atoms with Gasteiger partial charge in [-0.15, -0.1) is 0 Å². The van der Waals surface area contributed by atoms with E-state index in [0.717, 1.165) is 22.8 Å². The van der Waals surface area contributed by atoms with Gasteiger partial charge in [0.05, 0.1) is 6.26 Å². The summed E-state index contributed by atoms with van der Waals surface area (Å²) in [5, 5.41) is 4.34. The molecular weight excluding hydrogens is 246 g/mol. The van der Waals surface area contributed by atoms with E-state index in [1.165, 1.54) is 0 Å². The number of hydrogen-bond donors (Lipinski definition) is 1. The summed E-state index contributed by atoms with van der Waals surface area (Å²) in [5.41, 5.74) is 1.13. The Morgan fingerprint density at radius 2 is 1.94 bits per heavy atom. The first-order chi connectivity index (χ1) is 8.66. The molecule has 0 aliphatic heterocycles. The molecule has 0 fully saturated rings. The molecule has 2 nitrogen and oxygen atoms in total. The van der Waals surface area contributed by atoms with Crippen molar-refractivity contribution in [2.24, 2.45) is 0 Å². The number of halogens is 1. The van der Waals surface area contributed by atoms with E-state index >= 15 is 0 Å². The van der Waals surface area contributed by atoms with Gasteiger partial charge < -0.3 is 9.73 Å². The minimum absolute atomic E-state index is 0.226. The maximum Gasteiger partial charge on any atom is 0.105 e. The van der Waals surface area contributed by atoms with E-state index in [4.69, 9.17) is 16.0 Å². The third-order valence-corrected chi connectivity index (χ3v) is 3.34. The fourth-order valence-electron chi connectivity index (χ4n) is 2.13. The van der Waals surface area contributed by atoms with Gasteiger partial charge in [-0.1, -0.05) is 29.8 Å². The molecule has 18 heavy (non-hydrogen) atoms. The van der Waals surface area contributed by atoms with E-state index in [2.05, 4.69) is 25.2 Å². The number of benzene rings is 1. The molecule has 0 amide bonds. The summed E-state index contributed by atoms with van der Waals surface area (Å²) in [4.78, 5) is 0. The van der Waals surface area contributed by atoms with Crippen molar-refractivity contribution in [2.75, 3.05) is 0 Å². The molecule has 0 radical (unpaired) electrons. The van der Waals surface area contributed by atoms with Crippen LogP contribution in [0.2, 0.25) is 5.02 Å². The zero-order valence-electron chi connectivity index (χ0n) is 10.7. The van der Waals surface area contributed by atoms with Crippen LogP contribution >= 0.6 is 11.6 Å². The van der Waals surface area contributed by atoms with Gasteiger partial charge in [-0.25, -0.2) is 0 Å². The molecule has 1 aromatic heterocycles. The monoisotopic (exact) mass is 263 g/mol. The highest BCUT2D eigenvalue weighted by Gasteiger charge is 2.13. The number of nitrogens with one attached hydrogen (secondary N) is 1. The predicted octanol–water partition coefficient (Wildman–Crippen LogP) is 4.21. The summed E-state index contributed by atoms with van der Waals surface area (Å²) in [7, 11) is 0. The van der Waals surface area contributed by atoms with Gasteiger partial charge in [0.1, 0.15) is 5.76 Å². The third kappa shape index (κ3) is 3.37. The maximum atomic E-state index is 6.19. The summed E-state index contributed by atoms with van der Waals surface area (Å²) in [6.07, 6.45) is 2.58. The fraction of sp³-hybridized carbons (Fsp3) is 0.333. The average Bonchev–Trinajstić information content (AvgIpc) is 2.82. The smallest absolute Gasteiger partial charge is 0.105 e. The summed E-state index contributed by atoms with van der Waals surface area (Å²) in [5.74, 6) is 1.00. The van der Waals surface area contributed by atoms with Crippen LogP contribution in [0.1, 0.15) is 31.2 Å². The lowest BCUT2D eigenvalue weighted by Crippen LogP contribution is -2.30. The molecule has 3 heteroatoms. The van der Waals surface area contributed by atoms with Crippen molar-refractivity contribution >= 4 is 11.6 Å². The van der Waals surface area contributed by atoms with Crippen molar-refractivity contribution in [1.29, 1.82) is 0 Å². The summed E-state index contributed by atoms with van der Waals surface area (Å²) < 4.78 is 5.35. The Morgan fingerprint density at radius 1 is 1.17 bits per heavy atom. The lowest BCUT2D eigenvalue weighted by Gasteiger charge is -2.20. The molecule has 0 saturated heterocycles. The summed E-state index contributed by atoms with van der Waals surface area (Å²) in [6, 6.07) is 12.4. The molecule has 0 spiro atoms. The molecular formula is C15H18ClNO. The Labute approximate surface area is 113 Å². The molecule has 0 aliphatic rings. The lowest BCUT2D eigenvalue weighted by molar-refractivity contribution is 0.429. The minimum atomic E-state index is 0.226. The normalized spacial score (nSPS) is 14.4. The van der Waals surface area contributed by atoms with Gasteiger partial charge in [0.15, 0.2) is 0 Å². The van der Waals surface area contributed by atoms with Crippen molar-refractivity contribution in [3.63, 3.8) is 0 Å². The van der Waals surface area contributed by atoms with E-state index in [1.54, 1.807) is 6.26 Å². The first-order valence-corrected chi connectivity index (χ1v) is 6.57. The maximum absolute atomic E-state index is 6.19. The van der Waals surface area contributed by atoms with Crippen LogP contribution in [0.3, 0.4) is 0 Å². The zero-order chi connectivity index (χ0) is 13.0. The van der Waals surface area contributed by atoms with Crippen LogP contribution in [0.5, 0.6) is 0 Å². The standard InChI is InChI=1S/C15H18ClNO/c1-11(10-13-6-5-9-18-13)17-12(2)14-7-3-4-8-15(14)16/h3-9,11-12,17H,10H2,1-2H3. The van der Waals surface area contributed by atoms with Gasteiger partial charge in [-0.2, -0.15) is 0 Å². The molecule has 1 heterocycles. The third-order valence-electron chi connectivity index (χ3n) is 2.99. The zero-order valence-corrected chi connectivity index (χ0v) is 11.4. The van der Waals surface area contributed by atoms with E-state index < -0.39 is 0 Å². The molecule has 0 bridgehead atoms. The Hall–Kier alpha value is -1.25.